The lowest BCUT2D eigenvalue weighted by Gasteiger charge is -2.15. The Hall–Kier alpha value is -2.22. The second-order valence-electron chi connectivity index (χ2n) is 6.73. The Morgan fingerprint density at radius 3 is 2.47 bits per heavy atom. The zero-order valence-corrected chi connectivity index (χ0v) is 20.0. The van der Waals surface area contributed by atoms with Crippen LogP contribution in [0.1, 0.15) is 5.56 Å². The summed E-state index contributed by atoms with van der Waals surface area (Å²) < 4.78 is 34.0. The van der Waals surface area contributed by atoms with Crippen LogP contribution in [-0.4, -0.2) is 13.4 Å². The molecule has 0 fully saturated rings. The molecule has 0 saturated carbocycles. The lowest BCUT2D eigenvalue weighted by molar-refractivity contribution is 0.477. The minimum absolute atomic E-state index is 0.00239. The van der Waals surface area contributed by atoms with Gasteiger partial charge in [0.15, 0.2) is 5.75 Å². The molecule has 0 aliphatic heterocycles. The number of anilines is 1. The predicted octanol–water partition coefficient (Wildman–Crippen LogP) is 7.53. The van der Waals surface area contributed by atoms with Gasteiger partial charge in [-0.25, -0.2) is 8.42 Å². The van der Waals surface area contributed by atoms with Gasteiger partial charge in [0.2, 0.25) is 0 Å². The van der Waals surface area contributed by atoms with E-state index in [1.54, 1.807) is 12.3 Å². The Balaban J connectivity index is 1.65. The van der Waals surface area contributed by atoms with Crippen LogP contribution in [-0.2, 0) is 15.9 Å². The highest BCUT2D eigenvalue weighted by Gasteiger charge is 2.20. The number of nitrogens with one attached hydrogen (secondary N) is 1. The standard InChI is InChI=1S/C22H14Cl4N2O3S/c23-11-14-7-16(28-32(29,30)21-6-5-15(24)9-18(21)25)10-19(26)22(14)31-17-8-13-3-1-2-4-20(13)27-12-17/h1-10,12,28H,11H2. The summed E-state index contributed by atoms with van der Waals surface area (Å²) in [4.78, 5) is 4.25. The zero-order chi connectivity index (χ0) is 22.9. The second-order valence-corrected chi connectivity index (χ2v) is 9.89. The number of aromatic nitrogens is 1. The Kier molecular flexibility index (Phi) is 6.70. The highest BCUT2D eigenvalue weighted by atomic mass is 35.5. The molecule has 3 aromatic carbocycles. The van der Waals surface area contributed by atoms with E-state index in [9.17, 15) is 8.42 Å². The predicted molar refractivity (Wildman–Crippen MR) is 130 cm³/mol. The van der Waals surface area contributed by atoms with Gasteiger partial charge in [-0.3, -0.25) is 9.71 Å². The molecular weight excluding hydrogens is 514 g/mol. The number of fused-ring (bicyclic) bond motifs is 1. The number of para-hydroxylation sites is 1. The number of sulfonamides is 1. The van der Waals surface area contributed by atoms with Crippen LogP contribution in [0.25, 0.3) is 10.9 Å². The maximum Gasteiger partial charge on any atom is 0.263 e. The smallest absolute Gasteiger partial charge is 0.263 e. The number of halogens is 4. The number of rotatable bonds is 6. The van der Waals surface area contributed by atoms with Gasteiger partial charge in [0.1, 0.15) is 10.6 Å². The summed E-state index contributed by atoms with van der Waals surface area (Å²) in [6.45, 7) is 0. The average molecular weight is 528 g/mol. The molecule has 0 aliphatic carbocycles. The van der Waals surface area contributed by atoms with E-state index in [1.165, 1.54) is 24.3 Å². The maximum absolute atomic E-state index is 12.8. The van der Waals surface area contributed by atoms with Crippen LogP contribution >= 0.6 is 46.4 Å². The maximum atomic E-state index is 12.8. The zero-order valence-electron chi connectivity index (χ0n) is 16.2. The van der Waals surface area contributed by atoms with E-state index in [4.69, 9.17) is 51.1 Å². The summed E-state index contributed by atoms with van der Waals surface area (Å²) in [5.74, 6) is 0.817. The third kappa shape index (κ3) is 4.90. The van der Waals surface area contributed by atoms with E-state index in [0.29, 0.717) is 22.1 Å². The summed E-state index contributed by atoms with van der Waals surface area (Å²) in [5.41, 5.74) is 1.53. The molecule has 0 saturated heterocycles. The molecule has 0 amide bonds. The van der Waals surface area contributed by atoms with Gasteiger partial charge in [-0.15, -0.1) is 11.6 Å². The molecule has 5 nitrogen and oxygen atoms in total. The fraction of sp³-hybridized carbons (Fsp3) is 0.0455. The molecule has 0 bridgehead atoms. The number of hydrogen-bond donors (Lipinski definition) is 1. The number of nitrogens with zero attached hydrogens (tertiary/aromatic N) is 1. The molecule has 0 atom stereocenters. The van der Waals surface area contributed by atoms with Gasteiger partial charge in [-0.2, -0.15) is 0 Å². The van der Waals surface area contributed by atoms with Crippen molar-refractivity contribution in [3.63, 3.8) is 0 Å². The fourth-order valence-electron chi connectivity index (χ4n) is 3.05. The molecule has 0 aliphatic rings. The van der Waals surface area contributed by atoms with E-state index in [1.807, 2.05) is 30.3 Å². The highest BCUT2D eigenvalue weighted by molar-refractivity contribution is 7.92. The molecule has 10 heteroatoms. The Morgan fingerprint density at radius 1 is 0.938 bits per heavy atom. The minimum atomic E-state index is -3.99. The molecule has 0 unspecified atom stereocenters. The molecule has 1 N–H and O–H groups in total. The molecular formula is C22H14Cl4N2O3S. The monoisotopic (exact) mass is 526 g/mol. The first kappa shape index (κ1) is 23.0. The lowest BCUT2D eigenvalue weighted by atomic mass is 10.2. The number of pyridine rings is 1. The quantitative estimate of drug-likeness (QED) is 0.263. The van der Waals surface area contributed by atoms with Crippen LogP contribution < -0.4 is 9.46 Å². The summed E-state index contributed by atoms with van der Waals surface area (Å²) in [6.07, 6.45) is 1.58. The first-order valence-corrected chi connectivity index (χ1v) is 12.3. The van der Waals surface area contributed by atoms with Crippen LogP contribution in [0.3, 0.4) is 0 Å². The number of alkyl halides is 1. The van der Waals surface area contributed by atoms with Crippen molar-refractivity contribution in [2.75, 3.05) is 4.72 Å². The van der Waals surface area contributed by atoms with Gasteiger partial charge in [-0.1, -0.05) is 53.0 Å². The van der Waals surface area contributed by atoms with Gasteiger partial charge in [0.25, 0.3) is 10.0 Å². The molecule has 0 spiro atoms. The van der Waals surface area contributed by atoms with Crippen LogP contribution in [0.15, 0.2) is 71.8 Å². The molecule has 32 heavy (non-hydrogen) atoms. The number of hydrogen-bond acceptors (Lipinski definition) is 4. The van der Waals surface area contributed by atoms with Crippen LogP contribution in [0.5, 0.6) is 11.5 Å². The largest absolute Gasteiger partial charge is 0.454 e. The summed E-state index contributed by atoms with van der Waals surface area (Å²) in [7, 11) is -3.99. The lowest BCUT2D eigenvalue weighted by Crippen LogP contribution is -2.13. The van der Waals surface area contributed by atoms with Crippen molar-refractivity contribution in [1.29, 1.82) is 0 Å². The van der Waals surface area contributed by atoms with Crippen molar-refractivity contribution < 1.29 is 13.2 Å². The van der Waals surface area contributed by atoms with Crippen LogP contribution in [0.4, 0.5) is 5.69 Å². The third-order valence-electron chi connectivity index (χ3n) is 4.49. The van der Waals surface area contributed by atoms with E-state index in [-0.39, 0.29) is 26.5 Å². The molecule has 4 aromatic rings. The third-order valence-corrected chi connectivity index (χ3v) is 7.15. The molecule has 164 valence electrons. The van der Waals surface area contributed by atoms with Crippen LogP contribution in [0, 0.1) is 0 Å². The van der Waals surface area contributed by atoms with Gasteiger partial charge in [0.05, 0.1) is 33.3 Å². The van der Waals surface area contributed by atoms with E-state index in [0.717, 1.165) is 10.9 Å². The summed E-state index contributed by atoms with van der Waals surface area (Å²) >= 11 is 24.4. The normalized spacial score (nSPS) is 11.5. The topological polar surface area (TPSA) is 68.3 Å². The second kappa shape index (κ2) is 9.33. The van der Waals surface area contributed by atoms with Gasteiger partial charge < -0.3 is 4.74 Å². The average Bonchev–Trinajstić information content (AvgIpc) is 2.74. The minimum Gasteiger partial charge on any atom is -0.454 e. The van der Waals surface area contributed by atoms with Crippen molar-refractivity contribution in [2.45, 2.75) is 10.8 Å². The van der Waals surface area contributed by atoms with E-state index in [2.05, 4.69) is 9.71 Å². The van der Waals surface area contributed by atoms with Gasteiger partial charge >= 0.3 is 0 Å². The van der Waals surface area contributed by atoms with Crippen molar-refractivity contribution in [2.24, 2.45) is 0 Å². The molecule has 1 aromatic heterocycles. The summed E-state index contributed by atoms with van der Waals surface area (Å²) in [5, 5.41) is 1.40. The number of benzene rings is 3. The first-order valence-electron chi connectivity index (χ1n) is 9.16. The van der Waals surface area contributed by atoms with Crippen molar-refractivity contribution >= 4 is 73.0 Å². The highest BCUT2D eigenvalue weighted by Crippen LogP contribution is 2.38. The molecule has 1 heterocycles. The Bertz CT molecular complexity index is 1430. The fourth-order valence-corrected chi connectivity index (χ4v) is 5.34. The van der Waals surface area contributed by atoms with Crippen molar-refractivity contribution in [3.05, 3.63) is 87.5 Å². The molecule has 0 radical (unpaired) electrons. The van der Waals surface area contributed by atoms with Gasteiger partial charge in [0, 0.05) is 16.0 Å². The molecule has 4 rings (SSSR count). The first-order chi connectivity index (χ1) is 15.3. The number of ether oxygens (including phenoxy) is 1. The van der Waals surface area contributed by atoms with E-state index >= 15 is 0 Å². The van der Waals surface area contributed by atoms with Crippen LogP contribution in [0.2, 0.25) is 15.1 Å². The van der Waals surface area contributed by atoms with Gasteiger partial charge in [-0.05, 0) is 42.5 Å². The van der Waals surface area contributed by atoms with Crippen molar-refractivity contribution in [3.8, 4) is 11.5 Å². The Labute approximate surface area is 204 Å². The summed E-state index contributed by atoms with van der Waals surface area (Å²) in [6, 6.07) is 16.5. The Morgan fingerprint density at radius 2 is 1.72 bits per heavy atom. The van der Waals surface area contributed by atoms with Crippen molar-refractivity contribution in [1.82, 2.24) is 4.98 Å². The van der Waals surface area contributed by atoms with E-state index < -0.39 is 10.0 Å². The SMILES string of the molecule is O=S(=O)(Nc1cc(Cl)c(Oc2cnc3ccccc3c2)c(CCl)c1)c1ccc(Cl)cc1Cl.